The van der Waals surface area contributed by atoms with Gasteiger partial charge >= 0.3 is 0 Å². The average Bonchev–Trinajstić information content (AvgIpc) is 3.10. The minimum atomic E-state index is -0.419. The van der Waals surface area contributed by atoms with Gasteiger partial charge in [0.05, 0.1) is 0 Å². The summed E-state index contributed by atoms with van der Waals surface area (Å²) in [6, 6.07) is 37.2. The van der Waals surface area contributed by atoms with Crippen LogP contribution in [0.5, 0.6) is 0 Å². The van der Waals surface area contributed by atoms with Gasteiger partial charge in [-0.05, 0) is 81.3 Å². The first-order valence-corrected chi connectivity index (χ1v) is 15.2. The lowest BCUT2D eigenvalue weighted by Crippen LogP contribution is -2.24. The van der Waals surface area contributed by atoms with Crippen molar-refractivity contribution in [3.63, 3.8) is 0 Å². The van der Waals surface area contributed by atoms with Crippen LogP contribution in [-0.2, 0) is 0 Å². The van der Waals surface area contributed by atoms with E-state index in [0.717, 1.165) is 56.5 Å². The second-order valence-electron chi connectivity index (χ2n) is 11.1. The molecule has 0 saturated carbocycles. The first-order chi connectivity index (χ1) is 22.1. The zero-order valence-electron chi connectivity index (χ0n) is 25.1. The molecule has 1 aliphatic rings. The molecule has 4 heteroatoms. The number of benzene rings is 4. The molecule has 0 radical (unpaired) electrons. The van der Waals surface area contributed by atoms with Crippen LogP contribution >= 0.6 is 0 Å². The smallest absolute Gasteiger partial charge is 0.159 e. The second-order valence-corrected chi connectivity index (χ2v) is 11.1. The number of allylic oxidation sites excluding steroid dienone is 7. The summed E-state index contributed by atoms with van der Waals surface area (Å²) in [5, 5.41) is 0. The molecule has 2 atom stereocenters. The van der Waals surface area contributed by atoms with Gasteiger partial charge in [0.25, 0.3) is 0 Å². The summed E-state index contributed by atoms with van der Waals surface area (Å²) in [6.07, 6.45) is 16.5. The van der Waals surface area contributed by atoms with Gasteiger partial charge in [-0.2, -0.15) is 0 Å². The number of aromatic nitrogens is 2. The molecule has 6 rings (SSSR count). The first-order valence-electron chi connectivity index (χ1n) is 15.2. The molecule has 0 spiro atoms. The molecule has 4 nitrogen and oxygen atoms in total. The van der Waals surface area contributed by atoms with Gasteiger partial charge in [-0.3, -0.25) is 0 Å². The van der Waals surface area contributed by atoms with Crippen molar-refractivity contribution in [2.75, 3.05) is 0 Å². The van der Waals surface area contributed by atoms with E-state index in [1.54, 1.807) is 12.4 Å². The van der Waals surface area contributed by atoms with Crippen LogP contribution in [0.4, 0.5) is 0 Å². The van der Waals surface area contributed by atoms with Crippen LogP contribution in [-0.4, -0.2) is 9.97 Å². The van der Waals surface area contributed by atoms with E-state index >= 15 is 0 Å². The van der Waals surface area contributed by atoms with Gasteiger partial charge in [0.1, 0.15) is 0 Å². The van der Waals surface area contributed by atoms with Crippen molar-refractivity contribution >= 4 is 0 Å². The number of rotatable bonds is 7. The van der Waals surface area contributed by atoms with Crippen LogP contribution in [0, 0.1) is 0 Å². The molecule has 220 valence electrons. The Labute approximate surface area is 265 Å². The Hall–Kier alpha value is -5.58. The van der Waals surface area contributed by atoms with E-state index in [9.17, 15) is 0 Å². The molecule has 1 unspecified atom stereocenters. The van der Waals surface area contributed by atoms with Gasteiger partial charge in [0.2, 0.25) is 0 Å². The predicted octanol–water partition coefficient (Wildman–Crippen LogP) is 9.10. The van der Waals surface area contributed by atoms with Gasteiger partial charge < -0.3 is 11.5 Å². The van der Waals surface area contributed by atoms with Crippen LogP contribution in [0.15, 0.2) is 181 Å². The standard InChI is InChI=1S/C41H36N4/c1-29-14-7-3-2-4-12-19-37(42)38(29)39(32-17-10-6-11-18-32)40(43)36-27-34(30-15-8-5-9-16-30)26-35(28-36)31-20-22-33(23-21-31)41-44-24-13-25-45-41/h2-3,5-28,39-40H,1,4,42-43H2/b3-2-,14-7-,19-12-,38-37-/t39-,40?/m1/s1. The van der Waals surface area contributed by atoms with Crippen LogP contribution in [0.25, 0.3) is 33.6 Å². The van der Waals surface area contributed by atoms with Crippen molar-refractivity contribution in [1.82, 2.24) is 9.97 Å². The number of nitrogens with two attached hydrogens (primary N) is 2. The van der Waals surface area contributed by atoms with E-state index in [1.807, 2.05) is 54.6 Å². The SMILES string of the molecule is C=C1/C=C\C=C/C/C=C\C(N)=C/1[C@@H](c1ccccc1)C(N)c1cc(-c2ccccc2)cc(-c2ccc(-c3ncccn3)cc2)c1. The zero-order valence-corrected chi connectivity index (χ0v) is 25.1. The normalized spacial score (nSPS) is 18.5. The van der Waals surface area contributed by atoms with Crippen LogP contribution in [0.1, 0.15) is 29.5 Å². The highest BCUT2D eigenvalue weighted by Crippen LogP contribution is 2.42. The quantitative estimate of drug-likeness (QED) is 0.200. The maximum atomic E-state index is 7.37. The Bertz CT molecular complexity index is 1880. The molecule has 0 saturated heterocycles. The van der Waals surface area contributed by atoms with E-state index in [4.69, 9.17) is 11.5 Å². The highest BCUT2D eigenvalue weighted by Gasteiger charge is 2.29. The third-order valence-electron chi connectivity index (χ3n) is 8.09. The molecule has 0 fully saturated rings. The van der Waals surface area contributed by atoms with E-state index in [1.165, 1.54) is 0 Å². The topological polar surface area (TPSA) is 77.8 Å². The molecule has 4 N–H and O–H groups in total. The van der Waals surface area contributed by atoms with Gasteiger partial charge in [0.15, 0.2) is 5.82 Å². The van der Waals surface area contributed by atoms with Gasteiger partial charge in [0, 0.05) is 35.6 Å². The minimum Gasteiger partial charge on any atom is -0.398 e. The Morgan fingerprint density at radius 1 is 0.600 bits per heavy atom. The molecular weight excluding hydrogens is 548 g/mol. The van der Waals surface area contributed by atoms with Crippen molar-refractivity contribution in [1.29, 1.82) is 0 Å². The highest BCUT2D eigenvalue weighted by molar-refractivity contribution is 5.76. The molecule has 4 aromatic carbocycles. The molecule has 0 aliphatic heterocycles. The van der Waals surface area contributed by atoms with Crippen molar-refractivity contribution < 1.29 is 0 Å². The van der Waals surface area contributed by atoms with Crippen molar-refractivity contribution in [3.8, 4) is 33.6 Å². The molecule has 1 aliphatic carbocycles. The molecule has 1 aromatic heterocycles. The van der Waals surface area contributed by atoms with Crippen LogP contribution in [0.3, 0.4) is 0 Å². The fourth-order valence-corrected chi connectivity index (χ4v) is 5.82. The van der Waals surface area contributed by atoms with E-state index < -0.39 is 6.04 Å². The fraction of sp³-hybridized carbons (Fsp3) is 0.0732. The lowest BCUT2D eigenvalue weighted by Gasteiger charge is -2.30. The third-order valence-corrected chi connectivity index (χ3v) is 8.09. The first kappa shape index (κ1) is 29.5. The van der Waals surface area contributed by atoms with E-state index in [2.05, 4.69) is 108 Å². The molecule has 5 aromatic rings. The lowest BCUT2D eigenvalue weighted by atomic mass is 9.77. The molecule has 1 heterocycles. The predicted molar refractivity (Wildman–Crippen MR) is 187 cm³/mol. The van der Waals surface area contributed by atoms with E-state index in [-0.39, 0.29) is 5.92 Å². The second kappa shape index (κ2) is 13.8. The van der Waals surface area contributed by atoms with Crippen molar-refractivity contribution in [3.05, 3.63) is 193 Å². The maximum Gasteiger partial charge on any atom is 0.159 e. The fourth-order valence-electron chi connectivity index (χ4n) is 5.82. The van der Waals surface area contributed by atoms with Crippen molar-refractivity contribution in [2.24, 2.45) is 11.5 Å². The summed E-state index contributed by atoms with van der Waals surface area (Å²) in [6.45, 7) is 4.45. The Balaban J connectivity index is 1.50. The van der Waals surface area contributed by atoms with Crippen molar-refractivity contribution in [2.45, 2.75) is 18.4 Å². The van der Waals surface area contributed by atoms with Gasteiger partial charge in [-0.25, -0.2) is 9.97 Å². The number of nitrogens with zero attached hydrogens (tertiary/aromatic N) is 2. The Morgan fingerprint density at radius 2 is 1.22 bits per heavy atom. The third kappa shape index (κ3) is 6.82. The zero-order chi connectivity index (χ0) is 31.0. The summed E-state index contributed by atoms with van der Waals surface area (Å²) in [4.78, 5) is 8.82. The maximum absolute atomic E-state index is 7.37. The van der Waals surface area contributed by atoms with Gasteiger partial charge in [-0.15, -0.1) is 0 Å². The molecule has 0 bridgehead atoms. The number of hydrogen-bond donors (Lipinski definition) is 2. The van der Waals surface area contributed by atoms with Gasteiger partial charge in [-0.1, -0.05) is 122 Å². The molecule has 45 heavy (non-hydrogen) atoms. The average molecular weight is 585 g/mol. The van der Waals surface area contributed by atoms with E-state index in [0.29, 0.717) is 11.5 Å². The summed E-state index contributed by atoms with van der Waals surface area (Å²) in [7, 11) is 0. The minimum absolute atomic E-state index is 0.243. The number of hydrogen-bond acceptors (Lipinski definition) is 4. The van der Waals surface area contributed by atoms with Crippen LogP contribution in [0.2, 0.25) is 0 Å². The summed E-state index contributed by atoms with van der Waals surface area (Å²) >= 11 is 0. The summed E-state index contributed by atoms with van der Waals surface area (Å²) in [5.74, 6) is 0.457. The largest absolute Gasteiger partial charge is 0.398 e. The summed E-state index contributed by atoms with van der Waals surface area (Å²) in [5.41, 5.74) is 24.1. The molecular formula is C41H36N4. The highest BCUT2D eigenvalue weighted by atomic mass is 14.8. The summed E-state index contributed by atoms with van der Waals surface area (Å²) < 4.78 is 0. The monoisotopic (exact) mass is 584 g/mol. The molecule has 0 amide bonds. The Kier molecular flexibility index (Phi) is 9.05. The van der Waals surface area contributed by atoms with Crippen LogP contribution < -0.4 is 11.5 Å². The Morgan fingerprint density at radius 3 is 1.91 bits per heavy atom. The lowest BCUT2D eigenvalue weighted by molar-refractivity contribution is 0.622.